The number of nitrogens with zero attached hydrogens (tertiary/aromatic N) is 1. The van der Waals surface area contributed by atoms with Crippen molar-refractivity contribution >= 4 is 23.1 Å². The molecule has 0 amide bonds. The zero-order chi connectivity index (χ0) is 10.2. The van der Waals surface area contributed by atoms with Gasteiger partial charge in [-0.2, -0.15) is 0 Å². The summed E-state index contributed by atoms with van der Waals surface area (Å²) in [5.74, 6) is 0.747. The first kappa shape index (κ1) is 9.59. The minimum atomic E-state index is 0.176. The number of hydrogen-bond donors (Lipinski definition) is 2. The molecule has 1 heterocycles. The van der Waals surface area contributed by atoms with Crippen LogP contribution in [0.1, 0.15) is 26.2 Å². The van der Waals surface area contributed by atoms with E-state index in [-0.39, 0.29) is 5.54 Å². The third-order valence-corrected chi connectivity index (χ3v) is 2.97. The van der Waals surface area contributed by atoms with Crippen LogP contribution in [0.15, 0.2) is 12.3 Å². The minimum Gasteiger partial charge on any atom is -0.396 e. The lowest BCUT2D eigenvalue weighted by molar-refractivity contribution is 0.306. The van der Waals surface area contributed by atoms with E-state index in [1.165, 1.54) is 19.3 Å². The summed E-state index contributed by atoms with van der Waals surface area (Å²) >= 11 is 5.77. The van der Waals surface area contributed by atoms with Crippen LogP contribution in [0.3, 0.4) is 0 Å². The van der Waals surface area contributed by atoms with E-state index in [4.69, 9.17) is 17.3 Å². The second-order valence-corrected chi connectivity index (χ2v) is 4.57. The zero-order valence-electron chi connectivity index (χ0n) is 8.18. The van der Waals surface area contributed by atoms with Crippen LogP contribution < -0.4 is 11.1 Å². The third kappa shape index (κ3) is 1.77. The first-order chi connectivity index (χ1) is 6.59. The highest BCUT2D eigenvalue weighted by atomic mass is 35.5. The van der Waals surface area contributed by atoms with Crippen molar-refractivity contribution in [1.82, 2.24) is 4.98 Å². The summed E-state index contributed by atoms with van der Waals surface area (Å²) in [6.07, 6.45) is 5.24. The van der Waals surface area contributed by atoms with Gasteiger partial charge in [0.15, 0.2) is 0 Å². The number of pyridine rings is 1. The molecule has 0 aliphatic heterocycles. The highest BCUT2D eigenvalue weighted by Gasteiger charge is 2.32. The molecule has 1 aliphatic carbocycles. The maximum Gasteiger partial charge on any atom is 0.149 e. The molecule has 0 aromatic carbocycles. The summed E-state index contributed by atoms with van der Waals surface area (Å²) in [6.45, 7) is 2.19. The molecule has 1 saturated carbocycles. The number of aromatic nitrogens is 1. The Labute approximate surface area is 88.7 Å². The lowest BCUT2D eigenvalue weighted by atomic mass is 9.78. The van der Waals surface area contributed by atoms with E-state index < -0.39 is 0 Å². The summed E-state index contributed by atoms with van der Waals surface area (Å²) in [5, 5.41) is 3.93. The summed E-state index contributed by atoms with van der Waals surface area (Å²) < 4.78 is 0. The van der Waals surface area contributed by atoms with E-state index in [0.717, 1.165) is 5.82 Å². The van der Waals surface area contributed by atoms with E-state index in [1.807, 2.05) is 0 Å². The maximum absolute atomic E-state index is 5.80. The number of anilines is 2. The minimum absolute atomic E-state index is 0.176. The molecule has 1 aliphatic rings. The number of hydrogen-bond acceptors (Lipinski definition) is 3. The topological polar surface area (TPSA) is 50.9 Å². The predicted molar refractivity (Wildman–Crippen MR) is 59.5 cm³/mol. The van der Waals surface area contributed by atoms with E-state index in [0.29, 0.717) is 10.7 Å². The van der Waals surface area contributed by atoms with Crippen molar-refractivity contribution in [2.24, 2.45) is 0 Å². The van der Waals surface area contributed by atoms with E-state index in [9.17, 15) is 0 Å². The summed E-state index contributed by atoms with van der Waals surface area (Å²) in [4.78, 5) is 4.18. The lowest BCUT2D eigenvalue weighted by Crippen LogP contribution is -2.42. The Morgan fingerprint density at radius 1 is 1.57 bits per heavy atom. The summed E-state index contributed by atoms with van der Waals surface area (Å²) in [6, 6.07) is 1.72. The molecule has 2 rings (SSSR count). The van der Waals surface area contributed by atoms with Gasteiger partial charge in [0, 0.05) is 11.7 Å². The van der Waals surface area contributed by atoms with Crippen LogP contribution >= 0.6 is 11.6 Å². The SMILES string of the molecule is CC1(Nc2ncc(Cl)cc2N)CCC1. The van der Waals surface area contributed by atoms with Crippen LogP contribution in [-0.4, -0.2) is 10.5 Å². The molecule has 0 radical (unpaired) electrons. The molecule has 1 aromatic heterocycles. The Balaban J connectivity index is 2.16. The van der Waals surface area contributed by atoms with Crippen LogP contribution in [0.5, 0.6) is 0 Å². The van der Waals surface area contributed by atoms with Gasteiger partial charge >= 0.3 is 0 Å². The molecule has 0 spiro atoms. The fourth-order valence-electron chi connectivity index (χ4n) is 1.68. The van der Waals surface area contributed by atoms with Crippen LogP contribution in [0.4, 0.5) is 11.5 Å². The van der Waals surface area contributed by atoms with Gasteiger partial charge in [0.1, 0.15) is 5.82 Å². The number of halogens is 1. The number of nitrogens with two attached hydrogens (primary N) is 1. The molecular formula is C10H14ClN3. The Morgan fingerprint density at radius 3 is 2.79 bits per heavy atom. The van der Waals surface area contributed by atoms with Gasteiger partial charge in [0.25, 0.3) is 0 Å². The Kier molecular flexibility index (Phi) is 2.27. The van der Waals surface area contributed by atoms with Crippen molar-refractivity contribution in [3.8, 4) is 0 Å². The first-order valence-corrected chi connectivity index (χ1v) is 5.16. The smallest absolute Gasteiger partial charge is 0.149 e. The third-order valence-electron chi connectivity index (χ3n) is 2.76. The van der Waals surface area contributed by atoms with Gasteiger partial charge in [0.2, 0.25) is 0 Å². The highest BCUT2D eigenvalue weighted by molar-refractivity contribution is 6.30. The molecule has 76 valence electrons. The molecule has 0 bridgehead atoms. The first-order valence-electron chi connectivity index (χ1n) is 4.78. The van der Waals surface area contributed by atoms with Gasteiger partial charge in [-0.3, -0.25) is 0 Å². The second-order valence-electron chi connectivity index (χ2n) is 4.13. The van der Waals surface area contributed by atoms with Crippen molar-refractivity contribution in [3.63, 3.8) is 0 Å². The Hall–Kier alpha value is -0.960. The molecule has 1 fully saturated rings. The van der Waals surface area contributed by atoms with Crippen molar-refractivity contribution in [1.29, 1.82) is 0 Å². The molecule has 0 saturated heterocycles. The fourth-order valence-corrected chi connectivity index (χ4v) is 1.84. The van der Waals surface area contributed by atoms with Crippen molar-refractivity contribution in [3.05, 3.63) is 17.3 Å². The molecule has 14 heavy (non-hydrogen) atoms. The monoisotopic (exact) mass is 211 g/mol. The van der Waals surface area contributed by atoms with Gasteiger partial charge in [-0.05, 0) is 32.3 Å². The highest BCUT2D eigenvalue weighted by Crippen LogP contribution is 2.35. The van der Waals surface area contributed by atoms with Gasteiger partial charge in [-0.15, -0.1) is 0 Å². The zero-order valence-corrected chi connectivity index (χ0v) is 8.93. The van der Waals surface area contributed by atoms with E-state index >= 15 is 0 Å². The van der Waals surface area contributed by atoms with Crippen molar-refractivity contribution in [2.45, 2.75) is 31.7 Å². The van der Waals surface area contributed by atoms with Gasteiger partial charge in [-0.25, -0.2) is 4.98 Å². The molecule has 1 aromatic rings. The summed E-state index contributed by atoms with van der Waals surface area (Å²) in [5.41, 5.74) is 6.59. The molecule has 3 N–H and O–H groups in total. The van der Waals surface area contributed by atoms with Crippen LogP contribution in [0, 0.1) is 0 Å². The lowest BCUT2D eigenvalue weighted by Gasteiger charge is -2.39. The second kappa shape index (κ2) is 3.31. The predicted octanol–water partition coefficient (Wildman–Crippen LogP) is 2.67. The number of nitrogen functional groups attached to an aromatic ring is 1. The van der Waals surface area contributed by atoms with Crippen LogP contribution in [0.2, 0.25) is 5.02 Å². The molecular weight excluding hydrogens is 198 g/mol. The largest absolute Gasteiger partial charge is 0.396 e. The average molecular weight is 212 g/mol. The molecule has 0 atom stereocenters. The van der Waals surface area contributed by atoms with Crippen molar-refractivity contribution < 1.29 is 0 Å². The van der Waals surface area contributed by atoms with Crippen molar-refractivity contribution in [2.75, 3.05) is 11.1 Å². The summed E-state index contributed by atoms with van der Waals surface area (Å²) in [7, 11) is 0. The van der Waals surface area contributed by atoms with Crippen LogP contribution in [0.25, 0.3) is 0 Å². The van der Waals surface area contributed by atoms with Crippen LogP contribution in [-0.2, 0) is 0 Å². The number of nitrogens with one attached hydrogen (secondary N) is 1. The fraction of sp³-hybridized carbons (Fsp3) is 0.500. The normalized spacial score (nSPS) is 18.7. The molecule has 3 nitrogen and oxygen atoms in total. The van der Waals surface area contributed by atoms with E-state index in [2.05, 4.69) is 17.2 Å². The standard InChI is InChI=1S/C10H14ClN3/c1-10(3-2-4-10)14-9-8(12)5-7(11)6-13-9/h5-6H,2-4,12H2,1H3,(H,13,14). The quantitative estimate of drug-likeness (QED) is 0.791. The average Bonchev–Trinajstić information content (AvgIpc) is 2.07. The van der Waals surface area contributed by atoms with Gasteiger partial charge in [-0.1, -0.05) is 11.6 Å². The van der Waals surface area contributed by atoms with Gasteiger partial charge in [0.05, 0.1) is 10.7 Å². The number of rotatable bonds is 2. The Bertz CT molecular complexity index is 347. The maximum atomic E-state index is 5.80. The molecule has 0 unspecified atom stereocenters. The van der Waals surface area contributed by atoms with E-state index in [1.54, 1.807) is 12.3 Å². The Morgan fingerprint density at radius 2 is 2.29 bits per heavy atom. The molecule has 4 heteroatoms. The van der Waals surface area contributed by atoms with Gasteiger partial charge < -0.3 is 11.1 Å².